The molecule has 1 saturated carbocycles. The van der Waals surface area contributed by atoms with Crippen molar-refractivity contribution < 1.29 is 0 Å². The number of rotatable bonds is 3. The quantitative estimate of drug-likeness (QED) is 0.750. The van der Waals surface area contributed by atoms with Crippen molar-refractivity contribution in [2.45, 2.75) is 51.1 Å². The molecule has 3 unspecified atom stereocenters. The molecule has 0 aromatic heterocycles. The molecule has 1 saturated heterocycles. The summed E-state index contributed by atoms with van der Waals surface area (Å²) >= 11 is 2.11. The van der Waals surface area contributed by atoms with E-state index in [9.17, 15) is 0 Å². The van der Waals surface area contributed by atoms with Gasteiger partial charge in [0.15, 0.2) is 0 Å². The highest BCUT2D eigenvalue weighted by Crippen LogP contribution is 2.29. The first-order valence-electron chi connectivity index (χ1n) is 5.74. The summed E-state index contributed by atoms with van der Waals surface area (Å²) in [7, 11) is 0. The Labute approximate surface area is 86.0 Å². The van der Waals surface area contributed by atoms with E-state index < -0.39 is 0 Å². The molecule has 0 spiro atoms. The molecule has 3 atom stereocenters. The Kier molecular flexibility index (Phi) is 3.56. The normalized spacial score (nSPS) is 39.9. The Morgan fingerprint density at radius 2 is 2.23 bits per heavy atom. The summed E-state index contributed by atoms with van der Waals surface area (Å²) in [5.41, 5.74) is 0. The highest BCUT2D eigenvalue weighted by Gasteiger charge is 2.28. The van der Waals surface area contributed by atoms with Crippen molar-refractivity contribution in [2.75, 3.05) is 11.5 Å². The first kappa shape index (κ1) is 9.85. The average molecular weight is 199 g/mol. The average Bonchev–Trinajstić information content (AvgIpc) is 2.76. The lowest BCUT2D eigenvalue weighted by Gasteiger charge is -2.23. The van der Waals surface area contributed by atoms with E-state index in [4.69, 9.17) is 0 Å². The highest BCUT2D eigenvalue weighted by molar-refractivity contribution is 7.99. The lowest BCUT2D eigenvalue weighted by molar-refractivity contribution is 0.359. The summed E-state index contributed by atoms with van der Waals surface area (Å²) in [6.45, 7) is 2.34. The number of nitrogens with one attached hydrogen (secondary N) is 1. The van der Waals surface area contributed by atoms with Crippen LogP contribution in [0.1, 0.15) is 39.0 Å². The molecule has 0 aromatic rings. The molecule has 2 rings (SSSR count). The minimum atomic E-state index is 0.835. The van der Waals surface area contributed by atoms with Crippen molar-refractivity contribution in [3.63, 3.8) is 0 Å². The zero-order chi connectivity index (χ0) is 9.10. The molecule has 0 radical (unpaired) electrons. The van der Waals surface area contributed by atoms with Gasteiger partial charge in [-0.2, -0.15) is 11.8 Å². The monoisotopic (exact) mass is 199 g/mol. The van der Waals surface area contributed by atoms with E-state index >= 15 is 0 Å². The molecule has 1 nitrogen and oxygen atoms in total. The third-order valence-corrected chi connectivity index (χ3v) is 4.73. The van der Waals surface area contributed by atoms with Crippen LogP contribution in [0.5, 0.6) is 0 Å². The van der Waals surface area contributed by atoms with Gasteiger partial charge >= 0.3 is 0 Å². The molecule has 1 aliphatic heterocycles. The van der Waals surface area contributed by atoms with Crippen molar-refractivity contribution in [1.29, 1.82) is 0 Å². The Morgan fingerprint density at radius 3 is 2.92 bits per heavy atom. The minimum absolute atomic E-state index is 0.835. The standard InChI is InChI=1S/C11H21NS/c1-2-9-4-3-5-11(9)12-10-6-7-13-8-10/h9-12H,2-8H2,1H3. The van der Waals surface area contributed by atoms with Gasteiger partial charge in [0.05, 0.1) is 0 Å². The second kappa shape index (κ2) is 4.70. The van der Waals surface area contributed by atoms with Crippen LogP contribution in [-0.4, -0.2) is 23.6 Å². The van der Waals surface area contributed by atoms with Crippen LogP contribution in [0.4, 0.5) is 0 Å². The molecule has 1 heterocycles. The molecule has 0 amide bonds. The van der Waals surface area contributed by atoms with Crippen LogP contribution in [0, 0.1) is 5.92 Å². The van der Waals surface area contributed by atoms with E-state index in [0.29, 0.717) is 0 Å². The van der Waals surface area contributed by atoms with Gasteiger partial charge < -0.3 is 5.32 Å². The molecule has 1 N–H and O–H groups in total. The summed E-state index contributed by atoms with van der Waals surface area (Å²) in [4.78, 5) is 0. The second-order valence-electron chi connectivity index (χ2n) is 4.43. The summed E-state index contributed by atoms with van der Waals surface area (Å²) < 4.78 is 0. The Balaban J connectivity index is 1.79. The Morgan fingerprint density at radius 1 is 1.31 bits per heavy atom. The van der Waals surface area contributed by atoms with Gasteiger partial charge in [-0.25, -0.2) is 0 Å². The van der Waals surface area contributed by atoms with Gasteiger partial charge in [-0.05, 0) is 30.9 Å². The van der Waals surface area contributed by atoms with Gasteiger partial charge in [-0.3, -0.25) is 0 Å². The van der Waals surface area contributed by atoms with E-state index in [1.165, 1.54) is 43.6 Å². The largest absolute Gasteiger partial charge is 0.310 e. The van der Waals surface area contributed by atoms with Crippen molar-refractivity contribution in [3.05, 3.63) is 0 Å². The van der Waals surface area contributed by atoms with Crippen molar-refractivity contribution in [3.8, 4) is 0 Å². The van der Waals surface area contributed by atoms with Crippen LogP contribution >= 0.6 is 11.8 Å². The highest BCUT2D eigenvalue weighted by atomic mass is 32.2. The van der Waals surface area contributed by atoms with Crippen molar-refractivity contribution >= 4 is 11.8 Å². The van der Waals surface area contributed by atoms with E-state index in [0.717, 1.165) is 18.0 Å². The number of hydrogen-bond donors (Lipinski definition) is 1. The molecule has 13 heavy (non-hydrogen) atoms. The maximum Gasteiger partial charge on any atom is 0.0168 e. The van der Waals surface area contributed by atoms with Gasteiger partial charge in [0.2, 0.25) is 0 Å². The van der Waals surface area contributed by atoms with Crippen LogP contribution in [0.3, 0.4) is 0 Å². The molecule has 2 heteroatoms. The van der Waals surface area contributed by atoms with Crippen molar-refractivity contribution in [2.24, 2.45) is 5.92 Å². The number of thioether (sulfide) groups is 1. The fourth-order valence-corrected chi connectivity index (χ4v) is 3.88. The summed E-state index contributed by atoms with van der Waals surface area (Å²) in [6.07, 6.45) is 7.12. The van der Waals surface area contributed by atoms with Crippen LogP contribution in [-0.2, 0) is 0 Å². The van der Waals surface area contributed by atoms with Crippen LogP contribution in [0.2, 0.25) is 0 Å². The summed E-state index contributed by atoms with van der Waals surface area (Å²) in [5.74, 6) is 3.71. The zero-order valence-corrected chi connectivity index (χ0v) is 9.41. The smallest absolute Gasteiger partial charge is 0.0168 e. The van der Waals surface area contributed by atoms with Crippen LogP contribution < -0.4 is 5.32 Å². The Hall–Kier alpha value is 0.310. The maximum atomic E-state index is 3.86. The molecule has 0 aromatic carbocycles. The van der Waals surface area contributed by atoms with Gasteiger partial charge in [-0.1, -0.05) is 19.8 Å². The fourth-order valence-electron chi connectivity index (χ4n) is 2.71. The molecule has 2 fully saturated rings. The summed E-state index contributed by atoms with van der Waals surface area (Å²) in [6, 6.07) is 1.69. The third-order valence-electron chi connectivity index (χ3n) is 3.56. The van der Waals surface area contributed by atoms with E-state index in [2.05, 4.69) is 24.0 Å². The molecule has 1 aliphatic carbocycles. The molecular weight excluding hydrogens is 178 g/mol. The third kappa shape index (κ3) is 2.41. The van der Waals surface area contributed by atoms with Gasteiger partial charge in [0.25, 0.3) is 0 Å². The lowest BCUT2D eigenvalue weighted by Crippen LogP contribution is -2.40. The lowest BCUT2D eigenvalue weighted by atomic mass is 10.00. The van der Waals surface area contributed by atoms with Crippen LogP contribution in [0.25, 0.3) is 0 Å². The Bertz CT molecular complexity index is 154. The van der Waals surface area contributed by atoms with Gasteiger partial charge in [0.1, 0.15) is 0 Å². The second-order valence-corrected chi connectivity index (χ2v) is 5.58. The first-order valence-corrected chi connectivity index (χ1v) is 6.89. The van der Waals surface area contributed by atoms with Crippen LogP contribution in [0.15, 0.2) is 0 Å². The van der Waals surface area contributed by atoms with Gasteiger partial charge in [-0.15, -0.1) is 0 Å². The summed E-state index contributed by atoms with van der Waals surface area (Å²) in [5, 5.41) is 3.86. The molecule has 0 bridgehead atoms. The first-order chi connectivity index (χ1) is 6.40. The predicted molar refractivity (Wildman–Crippen MR) is 60.3 cm³/mol. The predicted octanol–water partition coefficient (Wildman–Crippen LogP) is 2.66. The fraction of sp³-hybridized carbons (Fsp3) is 1.00. The molecular formula is C11H21NS. The number of hydrogen-bond acceptors (Lipinski definition) is 2. The van der Waals surface area contributed by atoms with Crippen molar-refractivity contribution in [1.82, 2.24) is 5.32 Å². The molecule has 76 valence electrons. The SMILES string of the molecule is CCC1CCCC1NC1CCSC1. The zero-order valence-electron chi connectivity index (χ0n) is 8.59. The topological polar surface area (TPSA) is 12.0 Å². The van der Waals surface area contributed by atoms with E-state index in [1.807, 2.05) is 0 Å². The van der Waals surface area contributed by atoms with E-state index in [1.54, 1.807) is 0 Å². The van der Waals surface area contributed by atoms with Gasteiger partial charge in [0, 0.05) is 17.8 Å². The van der Waals surface area contributed by atoms with E-state index in [-0.39, 0.29) is 0 Å². The molecule has 2 aliphatic rings. The minimum Gasteiger partial charge on any atom is -0.310 e. The maximum absolute atomic E-state index is 3.86.